The van der Waals surface area contributed by atoms with E-state index in [9.17, 15) is 8.42 Å². The number of hydrogen-bond donors (Lipinski definition) is 1. The Morgan fingerprint density at radius 2 is 1.92 bits per heavy atom. The smallest absolute Gasteiger partial charge is 0.215 e. The maximum Gasteiger partial charge on any atom is 0.215 e. The monoisotopic (exact) mass is 555 g/mol. The summed E-state index contributed by atoms with van der Waals surface area (Å²) in [5, 5.41) is 1.66. The van der Waals surface area contributed by atoms with Crippen molar-refractivity contribution < 1.29 is 13.2 Å². The molecule has 5 rings (SSSR count). The van der Waals surface area contributed by atoms with Crippen LogP contribution in [0.3, 0.4) is 0 Å². The van der Waals surface area contributed by atoms with Gasteiger partial charge < -0.3 is 9.64 Å². The van der Waals surface area contributed by atoms with Crippen LogP contribution in [0, 0.1) is 0 Å². The van der Waals surface area contributed by atoms with Gasteiger partial charge in [-0.05, 0) is 61.8 Å². The van der Waals surface area contributed by atoms with Crippen LogP contribution in [0.25, 0.3) is 5.57 Å². The van der Waals surface area contributed by atoms with E-state index in [1.54, 1.807) is 11.8 Å². The largest absolute Gasteiger partial charge is 0.452 e. The lowest BCUT2D eigenvalue weighted by molar-refractivity contribution is 0.393. The molecule has 0 aliphatic carbocycles. The van der Waals surface area contributed by atoms with E-state index in [1.807, 2.05) is 25.4 Å². The quantitative estimate of drug-likeness (QED) is 0.367. The Kier molecular flexibility index (Phi) is 6.72. The number of anilines is 1. The van der Waals surface area contributed by atoms with Gasteiger partial charge in [-0.1, -0.05) is 6.92 Å². The van der Waals surface area contributed by atoms with Crippen molar-refractivity contribution in [3.8, 4) is 11.5 Å². The Morgan fingerprint density at radius 1 is 1.18 bits per heavy atom. The van der Waals surface area contributed by atoms with Gasteiger partial charge in [0.1, 0.15) is 18.1 Å². The number of sulfonamides is 1. The highest BCUT2D eigenvalue weighted by Crippen LogP contribution is 2.48. The second-order valence-electron chi connectivity index (χ2n) is 11.9. The van der Waals surface area contributed by atoms with Gasteiger partial charge >= 0.3 is 0 Å². The number of benzene rings is 2. The summed E-state index contributed by atoms with van der Waals surface area (Å²) in [6, 6.07) is 8.28. The van der Waals surface area contributed by atoms with Crippen LogP contribution in [0.1, 0.15) is 58.1 Å². The molecule has 7 nitrogen and oxygen atoms in total. The molecule has 204 valence electrons. The van der Waals surface area contributed by atoms with Crippen molar-refractivity contribution in [3.63, 3.8) is 0 Å². The van der Waals surface area contributed by atoms with Crippen LogP contribution in [0.2, 0.25) is 0 Å². The zero-order valence-electron chi connectivity index (χ0n) is 23.7. The van der Waals surface area contributed by atoms with E-state index in [0.29, 0.717) is 18.2 Å². The third kappa shape index (κ3) is 4.77. The van der Waals surface area contributed by atoms with Crippen LogP contribution in [0.15, 0.2) is 35.3 Å². The molecule has 0 fully saturated rings. The van der Waals surface area contributed by atoms with Crippen molar-refractivity contribution in [3.05, 3.63) is 52.2 Å². The van der Waals surface area contributed by atoms with Crippen LogP contribution in [0.5, 0.6) is 11.5 Å². The number of nitrogens with one attached hydrogen (secondary N) is 1. The van der Waals surface area contributed by atoms with E-state index in [1.165, 1.54) is 11.3 Å². The molecule has 0 aromatic heterocycles. The van der Waals surface area contributed by atoms with Crippen molar-refractivity contribution in [2.45, 2.75) is 58.0 Å². The van der Waals surface area contributed by atoms with E-state index in [0.717, 1.165) is 45.5 Å². The van der Waals surface area contributed by atoms with Crippen LogP contribution >= 0.6 is 11.8 Å². The second kappa shape index (κ2) is 9.38. The molecule has 1 unspecified atom stereocenters. The summed E-state index contributed by atoms with van der Waals surface area (Å²) in [6.07, 6.45) is 5.09. The zero-order chi connectivity index (χ0) is 27.6. The van der Waals surface area contributed by atoms with E-state index >= 15 is 0 Å². The zero-order valence-corrected chi connectivity index (χ0v) is 25.3. The molecule has 0 bridgehead atoms. The molecule has 0 saturated carbocycles. The summed E-state index contributed by atoms with van der Waals surface area (Å²) in [7, 11) is 0.702. The fourth-order valence-electron chi connectivity index (χ4n) is 5.85. The van der Waals surface area contributed by atoms with Gasteiger partial charge in [-0.2, -0.15) is 11.8 Å². The molecule has 3 aliphatic rings. The first-order valence-electron chi connectivity index (χ1n) is 13.1. The number of hydrogen-bond acceptors (Lipinski definition) is 6. The van der Waals surface area contributed by atoms with Crippen LogP contribution in [-0.4, -0.2) is 57.9 Å². The lowest BCUT2D eigenvalue weighted by Gasteiger charge is -2.45. The topological polar surface area (TPSA) is 74.0 Å². The molecule has 1 N–H and O–H groups in total. The van der Waals surface area contributed by atoms with Gasteiger partial charge in [-0.15, -0.1) is 0 Å². The fraction of sp³-hybridized carbons (Fsp3) is 0.517. The van der Waals surface area contributed by atoms with Gasteiger partial charge in [0.15, 0.2) is 17.0 Å². The number of thioether (sulfide) groups is 1. The minimum atomic E-state index is -3.48. The van der Waals surface area contributed by atoms with Crippen molar-refractivity contribution in [2.75, 3.05) is 43.3 Å². The molecule has 3 heterocycles. The normalized spacial score (nSPS) is 20.8. The molecule has 0 spiro atoms. The van der Waals surface area contributed by atoms with Gasteiger partial charge in [0.2, 0.25) is 15.4 Å². The average Bonchev–Trinajstić information content (AvgIpc) is 2.82. The summed E-state index contributed by atoms with van der Waals surface area (Å²) >= 11 is 1.62. The Labute approximate surface area is 230 Å². The molecule has 2 aromatic carbocycles. The predicted octanol–water partition coefficient (Wildman–Crippen LogP) is 4.04. The third-order valence-electron chi connectivity index (χ3n) is 8.33. The summed E-state index contributed by atoms with van der Waals surface area (Å²) < 4.78 is 37.3. The highest BCUT2D eigenvalue weighted by Gasteiger charge is 2.37. The number of rotatable bonds is 6. The van der Waals surface area contributed by atoms with Crippen molar-refractivity contribution in [2.24, 2.45) is 4.99 Å². The lowest BCUT2D eigenvalue weighted by Crippen LogP contribution is -2.48. The van der Waals surface area contributed by atoms with Gasteiger partial charge in [-0.25, -0.2) is 22.7 Å². The molecule has 2 aromatic rings. The SMILES string of the molecule is CSCCNS(=O)(=O)CC1=CC(C)(C)[N+](C)=c2cc3c(cc21)=Nc1cc2c(cc1O3)N(C)C(C)(C)CC2C. The third-order valence-corrected chi connectivity index (χ3v) is 10.3. The maximum atomic E-state index is 12.9. The first-order chi connectivity index (χ1) is 17.7. The fourth-order valence-corrected chi connectivity index (χ4v) is 7.44. The molecule has 0 saturated heterocycles. The van der Waals surface area contributed by atoms with E-state index in [4.69, 9.17) is 9.73 Å². The minimum Gasteiger partial charge on any atom is -0.452 e. The standard InChI is InChI=1S/C29H39N4O3S2/c1-18-15-28(2,3)32(6)24-13-26-22(11-20(18)24)31-23-12-21-19(17-38(34,35)30-9-10-37-8)16-29(4,5)33(7)25(21)14-27(23)36-26/h11-14,16,18,30H,9-10,15,17H2,1-8H3/q+1. The summed E-state index contributed by atoms with van der Waals surface area (Å²) in [6.45, 7) is 11.4. The second-order valence-corrected chi connectivity index (χ2v) is 14.7. The highest BCUT2D eigenvalue weighted by molar-refractivity contribution is 7.98. The van der Waals surface area contributed by atoms with Crippen LogP contribution in [0.4, 0.5) is 11.4 Å². The highest BCUT2D eigenvalue weighted by atomic mass is 32.2. The number of likely N-dealkylation sites (N-methyl/N-ethyl adjacent to an activating group) is 1. The van der Waals surface area contributed by atoms with Gasteiger partial charge in [-0.3, -0.25) is 0 Å². The van der Waals surface area contributed by atoms with E-state index < -0.39 is 10.0 Å². The molecule has 3 aliphatic heterocycles. The molecule has 9 heteroatoms. The van der Waals surface area contributed by atoms with Crippen LogP contribution in [-0.2, 0) is 10.0 Å². The molecular formula is C29H39N4O3S2+. The number of fused-ring (bicyclic) bond motifs is 4. The average molecular weight is 556 g/mol. The Bertz CT molecular complexity index is 1580. The molecule has 0 radical (unpaired) electrons. The summed E-state index contributed by atoms with van der Waals surface area (Å²) in [4.78, 5) is 7.36. The lowest BCUT2D eigenvalue weighted by atomic mass is 9.80. The number of ether oxygens (including phenoxy) is 1. The molecule has 0 amide bonds. The summed E-state index contributed by atoms with van der Waals surface area (Å²) in [5.74, 6) is 2.52. The van der Waals surface area contributed by atoms with Gasteiger partial charge in [0.25, 0.3) is 0 Å². The van der Waals surface area contributed by atoms with Crippen molar-refractivity contribution >= 4 is 38.7 Å². The Morgan fingerprint density at radius 3 is 2.63 bits per heavy atom. The first-order valence-corrected chi connectivity index (χ1v) is 16.2. The number of nitrogens with zero attached hydrogens (tertiary/aromatic N) is 3. The summed E-state index contributed by atoms with van der Waals surface area (Å²) in [5.41, 5.74) is 4.65. The Hall–Kier alpha value is -2.36. The molecule has 38 heavy (non-hydrogen) atoms. The predicted molar refractivity (Wildman–Crippen MR) is 158 cm³/mol. The van der Waals surface area contributed by atoms with Gasteiger partial charge in [0.05, 0.1) is 17.4 Å². The molecular weight excluding hydrogens is 516 g/mol. The maximum absolute atomic E-state index is 12.9. The van der Waals surface area contributed by atoms with E-state index in [-0.39, 0.29) is 16.8 Å². The molecule has 1 atom stereocenters. The first kappa shape index (κ1) is 27.2. The van der Waals surface area contributed by atoms with Gasteiger partial charge in [0, 0.05) is 50.5 Å². The minimum absolute atomic E-state index is 0.0606. The van der Waals surface area contributed by atoms with Crippen molar-refractivity contribution in [1.82, 2.24) is 9.30 Å². The van der Waals surface area contributed by atoms with E-state index in [2.05, 4.69) is 74.1 Å². The van der Waals surface area contributed by atoms with Crippen molar-refractivity contribution in [1.29, 1.82) is 0 Å². The van der Waals surface area contributed by atoms with Crippen LogP contribution < -0.4 is 29.6 Å². The Balaban J connectivity index is 1.61.